The first-order valence-electron chi connectivity index (χ1n) is 8.96. The molecule has 2 aromatic rings. The minimum absolute atomic E-state index is 0.257. The van der Waals surface area contributed by atoms with Gasteiger partial charge in [-0.1, -0.05) is 30.3 Å². The van der Waals surface area contributed by atoms with E-state index >= 15 is 0 Å². The van der Waals surface area contributed by atoms with Crippen molar-refractivity contribution in [1.82, 2.24) is 4.90 Å². The first-order chi connectivity index (χ1) is 13.1. The molecule has 0 atom stereocenters. The number of aliphatic hydroxyl groups is 1. The van der Waals surface area contributed by atoms with Gasteiger partial charge < -0.3 is 19.5 Å². The molecule has 0 aliphatic carbocycles. The molecule has 1 aliphatic rings. The van der Waals surface area contributed by atoms with Gasteiger partial charge in [-0.15, -0.1) is 11.8 Å². The number of piperidine rings is 1. The third-order valence-corrected chi connectivity index (χ3v) is 5.76. The number of hydrogen-bond donors (Lipinski definition) is 1. The molecule has 0 aromatic heterocycles. The van der Waals surface area contributed by atoms with Gasteiger partial charge in [0.05, 0.1) is 12.7 Å². The Morgan fingerprint density at radius 1 is 1.19 bits per heavy atom. The molecule has 2 aromatic carbocycles. The maximum Gasteiger partial charge on any atom is 0.410 e. The van der Waals surface area contributed by atoms with E-state index in [0.29, 0.717) is 25.9 Å². The van der Waals surface area contributed by atoms with Crippen molar-refractivity contribution in [1.29, 1.82) is 0 Å². The summed E-state index contributed by atoms with van der Waals surface area (Å²) in [5, 5.41) is 11.2. The van der Waals surface area contributed by atoms with E-state index in [4.69, 9.17) is 9.47 Å². The van der Waals surface area contributed by atoms with Crippen molar-refractivity contribution < 1.29 is 19.4 Å². The fourth-order valence-electron chi connectivity index (χ4n) is 3.32. The SMILES string of the molecule is COc1ccc(SC)c(C2(O)CCN(C(=O)OCc3ccccc3)CC2)c1. The highest BCUT2D eigenvalue weighted by Gasteiger charge is 2.37. The molecule has 0 bridgehead atoms. The molecule has 1 N–H and O–H groups in total. The van der Waals surface area contributed by atoms with Crippen LogP contribution in [0.25, 0.3) is 0 Å². The van der Waals surface area contributed by atoms with E-state index < -0.39 is 5.60 Å². The number of carbonyl (C=O) groups is 1. The van der Waals surface area contributed by atoms with Crippen molar-refractivity contribution >= 4 is 17.9 Å². The van der Waals surface area contributed by atoms with Crippen LogP contribution in [0.3, 0.4) is 0 Å². The number of nitrogens with zero attached hydrogens (tertiary/aromatic N) is 1. The van der Waals surface area contributed by atoms with E-state index in [0.717, 1.165) is 21.8 Å². The topological polar surface area (TPSA) is 59.0 Å². The highest BCUT2D eigenvalue weighted by atomic mass is 32.2. The summed E-state index contributed by atoms with van der Waals surface area (Å²) < 4.78 is 10.7. The van der Waals surface area contributed by atoms with Gasteiger partial charge in [0.2, 0.25) is 0 Å². The van der Waals surface area contributed by atoms with E-state index in [1.807, 2.05) is 54.8 Å². The molecule has 1 saturated heterocycles. The van der Waals surface area contributed by atoms with Crippen molar-refractivity contribution in [3.05, 3.63) is 59.7 Å². The summed E-state index contributed by atoms with van der Waals surface area (Å²) in [5.74, 6) is 0.723. The first-order valence-corrected chi connectivity index (χ1v) is 10.2. The lowest BCUT2D eigenvalue weighted by Crippen LogP contribution is -2.45. The van der Waals surface area contributed by atoms with Crippen molar-refractivity contribution in [3.8, 4) is 5.75 Å². The maximum atomic E-state index is 12.3. The molecule has 0 radical (unpaired) electrons. The number of ether oxygens (including phenoxy) is 2. The smallest absolute Gasteiger partial charge is 0.410 e. The molecule has 144 valence electrons. The highest BCUT2D eigenvalue weighted by Crippen LogP contribution is 2.39. The number of methoxy groups -OCH3 is 1. The van der Waals surface area contributed by atoms with Crippen LogP contribution in [-0.4, -0.2) is 42.6 Å². The second-order valence-electron chi connectivity index (χ2n) is 6.63. The largest absolute Gasteiger partial charge is 0.497 e. The lowest BCUT2D eigenvalue weighted by Gasteiger charge is -2.38. The van der Waals surface area contributed by atoms with Crippen molar-refractivity contribution in [2.24, 2.45) is 0 Å². The number of benzene rings is 2. The molecule has 0 spiro atoms. The molecule has 1 aliphatic heterocycles. The lowest BCUT2D eigenvalue weighted by molar-refractivity contribution is -0.0275. The van der Waals surface area contributed by atoms with Gasteiger partial charge in [-0.3, -0.25) is 0 Å². The van der Waals surface area contributed by atoms with E-state index in [2.05, 4.69) is 0 Å². The Morgan fingerprint density at radius 2 is 1.89 bits per heavy atom. The number of carbonyl (C=O) groups excluding carboxylic acids is 1. The molecular formula is C21H25NO4S. The number of likely N-dealkylation sites (tertiary alicyclic amines) is 1. The van der Waals surface area contributed by atoms with Gasteiger partial charge in [-0.2, -0.15) is 0 Å². The van der Waals surface area contributed by atoms with Crippen LogP contribution in [0.4, 0.5) is 4.79 Å². The van der Waals surface area contributed by atoms with Crippen LogP contribution in [0.2, 0.25) is 0 Å². The predicted molar refractivity (Wildman–Crippen MR) is 106 cm³/mol. The summed E-state index contributed by atoms with van der Waals surface area (Å²) in [5.41, 5.74) is 0.857. The average Bonchev–Trinajstić information content (AvgIpc) is 2.72. The summed E-state index contributed by atoms with van der Waals surface area (Å²) >= 11 is 1.60. The Hall–Kier alpha value is -2.18. The zero-order valence-electron chi connectivity index (χ0n) is 15.7. The fraction of sp³-hybridized carbons (Fsp3) is 0.381. The molecule has 5 nitrogen and oxygen atoms in total. The summed E-state index contributed by atoms with van der Waals surface area (Å²) in [6, 6.07) is 15.4. The van der Waals surface area contributed by atoms with E-state index in [9.17, 15) is 9.90 Å². The van der Waals surface area contributed by atoms with Crippen LogP contribution in [0.15, 0.2) is 53.4 Å². The van der Waals surface area contributed by atoms with Crippen molar-refractivity contribution in [2.75, 3.05) is 26.5 Å². The van der Waals surface area contributed by atoms with Crippen LogP contribution in [0.1, 0.15) is 24.0 Å². The second kappa shape index (κ2) is 8.67. The van der Waals surface area contributed by atoms with Crippen LogP contribution in [0, 0.1) is 0 Å². The number of hydrogen-bond acceptors (Lipinski definition) is 5. The Bertz CT molecular complexity index is 773. The van der Waals surface area contributed by atoms with Gasteiger partial charge >= 0.3 is 6.09 Å². The van der Waals surface area contributed by atoms with Gasteiger partial charge in [0.25, 0.3) is 0 Å². The Kier molecular flexibility index (Phi) is 6.29. The molecule has 1 fully saturated rings. The third-order valence-electron chi connectivity index (χ3n) is 4.96. The van der Waals surface area contributed by atoms with Gasteiger partial charge in [-0.05, 0) is 42.9 Å². The normalized spacial score (nSPS) is 16.0. The summed E-state index contributed by atoms with van der Waals surface area (Å²) in [7, 11) is 1.62. The van der Waals surface area contributed by atoms with Gasteiger partial charge in [0, 0.05) is 23.5 Å². The third kappa shape index (κ3) is 4.57. The lowest BCUT2D eigenvalue weighted by atomic mass is 9.84. The zero-order valence-corrected chi connectivity index (χ0v) is 16.5. The Balaban J connectivity index is 1.63. The van der Waals surface area contributed by atoms with Gasteiger partial charge in [0.1, 0.15) is 12.4 Å². The summed E-state index contributed by atoms with van der Waals surface area (Å²) in [6.45, 7) is 1.16. The maximum absolute atomic E-state index is 12.3. The van der Waals surface area contributed by atoms with E-state index in [1.165, 1.54) is 0 Å². The minimum Gasteiger partial charge on any atom is -0.497 e. The number of rotatable bonds is 5. The van der Waals surface area contributed by atoms with E-state index in [1.54, 1.807) is 23.8 Å². The van der Waals surface area contributed by atoms with Gasteiger partial charge in [-0.25, -0.2) is 4.79 Å². The van der Waals surface area contributed by atoms with Gasteiger partial charge in [0.15, 0.2) is 0 Å². The Labute approximate surface area is 164 Å². The highest BCUT2D eigenvalue weighted by molar-refractivity contribution is 7.98. The zero-order chi connectivity index (χ0) is 19.3. The predicted octanol–water partition coefficient (Wildman–Crippen LogP) is 4.04. The molecule has 3 rings (SSSR count). The first kappa shape index (κ1) is 19.6. The minimum atomic E-state index is -0.969. The number of amides is 1. The van der Waals surface area contributed by atoms with Crippen LogP contribution in [-0.2, 0) is 16.9 Å². The standard InChI is InChI=1S/C21H25NO4S/c1-25-17-8-9-19(27-2)18(14-17)21(24)10-12-22(13-11-21)20(23)26-15-16-6-4-3-5-7-16/h3-9,14,24H,10-13,15H2,1-2H3. The van der Waals surface area contributed by atoms with Crippen LogP contribution < -0.4 is 4.74 Å². The molecule has 1 amide bonds. The molecule has 6 heteroatoms. The second-order valence-corrected chi connectivity index (χ2v) is 7.47. The molecule has 1 heterocycles. The van der Waals surface area contributed by atoms with Crippen LogP contribution >= 0.6 is 11.8 Å². The molecule has 0 unspecified atom stereocenters. The summed E-state index contributed by atoms with van der Waals surface area (Å²) in [6.07, 6.45) is 2.59. The average molecular weight is 388 g/mol. The van der Waals surface area contributed by atoms with Crippen molar-refractivity contribution in [2.45, 2.75) is 29.9 Å². The number of thioether (sulfide) groups is 1. The summed E-state index contributed by atoms with van der Waals surface area (Å²) in [4.78, 5) is 15.0. The van der Waals surface area contributed by atoms with Crippen molar-refractivity contribution in [3.63, 3.8) is 0 Å². The van der Waals surface area contributed by atoms with Crippen LogP contribution in [0.5, 0.6) is 5.75 Å². The quantitative estimate of drug-likeness (QED) is 0.785. The monoisotopic (exact) mass is 387 g/mol. The molecule has 27 heavy (non-hydrogen) atoms. The Morgan fingerprint density at radius 3 is 2.52 bits per heavy atom. The molecule has 0 saturated carbocycles. The molecular weight excluding hydrogens is 362 g/mol. The fourth-order valence-corrected chi connectivity index (χ4v) is 3.99. The van der Waals surface area contributed by atoms with E-state index in [-0.39, 0.29) is 12.7 Å².